The number of halogens is 1. The monoisotopic (exact) mass is 294 g/mol. The summed E-state index contributed by atoms with van der Waals surface area (Å²) in [5, 5.41) is 9.80. The van der Waals surface area contributed by atoms with Gasteiger partial charge in [0.25, 0.3) is 0 Å². The molecule has 0 heterocycles. The molecule has 0 saturated heterocycles. The zero-order valence-corrected chi connectivity index (χ0v) is 11.6. The van der Waals surface area contributed by atoms with Crippen LogP contribution in [-0.2, 0) is 5.41 Å². The molecule has 1 nitrogen and oxygen atoms in total. The van der Waals surface area contributed by atoms with Gasteiger partial charge in [0.15, 0.2) is 0 Å². The molecule has 0 bridgehead atoms. The van der Waals surface area contributed by atoms with Crippen LogP contribution in [0.15, 0.2) is 28.7 Å². The minimum Gasteiger partial charge on any atom is -0.395 e. The van der Waals surface area contributed by atoms with E-state index in [2.05, 4.69) is 40.2 Å². The number of benzene rings is 1. The molecule has 92 valence electrons. The lowest BCUT2D eigenvalue weighted by atomic mass is 9.88. The van der Waals surface area contributed by atoms with Crippen molar-refractivity contribution in [3.05, 3.63) is 34.3 Å². The molecule has 2 saturated carbocycles. The molecule has 1 aromatic rings. The van der Waals surface area contributed by atoms with Crippen LogP contribution in [0.25, 0.3) is 0 Å². The van der Waals surface area contributed by atoms with Crippen LogP contribution in [0.4, 0.5) is 0 Å². The molecule has 1 N–H and O–H groups in total. The Kier molecular flexibility index (Phi) is 3.04. The maximum absolute atomic E-state index is 9.80. The van der Waals surface area contributed by atoms with Crippen molar-refractivity contribution in [2.45, 2.75) is 37.5 Å². The number of aliphatic hydroxyl groups is 1. The summed E-state index contributed by atoms with van der Waals surface area (Å²) in [6, 6.07) is 8.54. The summed E-state index contributed by atoms with van der Waals surface area (Å²) in [7, 11) is 0. The van der Waals surface area contributed by atoms with Gasteiger partial charge in [-0.2, -0.15) is 0 Å². The molecule has 1 aromatic carbocycles. The van der Waals surface area contributed by atoms with Gasteiger partial charge in [0.2, 0.25) is 0 Å². The van der Waals surface area contributed by atoms with Crippen LogP contribution in [0.5, 0.6) is 0 Å². The highest BCUT2D eigenvalue weighted by Gasteiger charge is 2.57. The Balaban J connectivity index is 1.82. The Bertz CT molecular complexity index is 394. The lowest BCUT2D eigenvalue weighted by Gasteiger charge is -2.18. The highest BCUT2D eigenvalue weighted by Crippen LogP contribution is 2.60. The summed E-state index contributed by atoms with van der Waals surface area (Å²) in [5.74, 6) is 1.60. The van der Waals surface area contributed by atoms with E-state index in [9.17, 15) is 5.11 Å². The first-order chi connectivity index (χ1) is 8.26. The van der Waals surface area contributed by atoms with Crippen molar-refractivity contribution in [1.82, 2.24) is 0 Å². The molecule has 2 atom stereocenters. The first-order valence-electron chi connectivity index (χ1n) is 6.63. The van der Waals surface area contributed by atoms with E-state index >= 15 is 0 Å². The van der Waals surface area contributed by atoms with E-state index in [1.54, 1.807) is 0 Å². The summed E-state index contributed by atoms with van der Waals surface area (Å²) >= 11 is 3.47. The second kappa shape index (κ2) is 4.40. The van der Waals surface area contributed by atoms with E-state index in [-0.39, 0.29) is 5.41 Å². The average Bonchev–Trinajstić information content (AvgIpc) is 2.85. The third kappa shape index (κ3) is 1.96. The summed E-state index contributed by atoms with van der Waals surface area (Å²) in [6.45, 7) is 0.315. The molecule has 2 unspecified atom stereocenters. The maximum Gasteiger partial charge on any atom is 0.0530 e. The second-order valence-corrected chi connectivity index (χ2v) is 6.59. The van der Waals surface area contributed by atoms with E-state index < -0.39 is 0 Å². The smallest absolute Gasteiger partial charge is 0.0530 e. The topological polar surface area (TPSA) is 20.2 Å². The molecule has 2 heteroatoms. The number of rotatable bonds is 3. The van der Waals surface area contributed by atoms with Crippen molar-refractivity contribution in [3.8, 4) is 0 Å². The van der Waals surface area contributed by atoms with Crippen molar-refractivity contribution in [1.29, 1.82) is 0 Å². The molecular formula is C15H19BrO. The van der Waals surface area contributed by atoms with E-state index in [0.717, 1.165) is 16.3 Å². The van der Waals surface area contributed by atoms with Crippen molar-refractivity contribution in [3.63, 3.8) is 0 Å². The standard InChI is InChI=1S/C15H19BrO/c16-13-7-5-12(6-8-13)15(10-17)9-14(15)11-3-1-2-4-11/h5-8,11,14,17H,1-4,9-10H2. The first-order valence-corrected chi connectivity index (χ1v) is 7.42. The summed E-state index contributed by atoms with van der Waals surface area (Å²) in [4.78, 5) is 0. The Morgan fingerprint density at radius 1 is 1.18 bits per heavy atom. The average molecular weight is 295 g/mol. The van der Waals surface area contributed by atoms with E-state index in [1.807, 2.05) is 0 Å². The van der Waals surface area contributed by atoms with Crippen LogP contribution in [0.1, 0.15) is 37.7 Å². The van der Waals surface area contributed by atoms with Crippen molar-refractivity contribution < 1.29 is 5.11 Å². The molecule has 3 rings (SSSR count). The molecule has 0 aromatic heterocycles. The van der Waals surface area contributed by atoms with Crippen molar-refractivity contribution >= 4 is 15.9 Å². The normalized spacial score (nSPS) is 32.9. The van der Waals surface area contributed by atoms with Gasteiger partial charge in [-0.15, -0.1) is 0 Å². The van der Waals surface area contributed by atoms with Gasteiger partial charge in [0.05, 0.1) is 6.61 Å². The van der Waals surface area contributed by atoms with Crippen LogP contribution in [0.3, 0.4) is 0 Å². The van der Waals surface area contributed by atoms with Gasteiger partial charge in [0.1, 0.15) is 0 Å². The Morgan fingerprint density at radius 3 is 2.41 bits per heavy atom. The zero-order chi connectivity index (χ0) is 11.9. The SMILES string of the molecule is OCC1(c2ccc(Br)cc2)CC1C1CCCC1. The Hall–Kier alpha value is -0.340. The molecule has 0 spiro atoms. The number of hydrogen-bond donors (Lipinski definition) is 1. The minimum atomic E-state index is 0.0930. The number of aliphatic hydroxyl groups excluding tert-OH is 1. The molecule has 2 aliphatic rings. The highest BCUT2D eigenvalue weighted by atomic mass is 79.9. The van der Waals surface area contributed by atoms with E-state index in [4.69, 9.17) is 0 Å². The van der Waals surface area contributed by atoms with Crippen molar-refractivity contribution in [2.24, 2.45) is 11.8 Å². The first kappa shape index (κ1) is 11.7. The van der Waals surface area contributed by atoms with Crippen LogP contribution in [0.2, 0.25) is 0 Å². The van der Waals surface area contributed by atoms with Gasteiger partial charge in [-0.25, -0.2) is 0 Å². The maximum atomic E-state index is 9.80. The minimum absolute atomic E-state index is 0.0930. The quantitative estimate of drug-likeness (QED) is 0.897. The summed E-state index contributed by atoms with van der Waals surface area (Å²) < 4.78 is 1.12. The van der Waals surface area contributed by atoms with Crippen LogP contribution >= 0.6 is 15.9 Å². The van der Waals surface area contributed by atoms with E-state index in [0.29, 0.717) is 6.61 Å². The van der Waals surface area contributed by atoms with Gasteiger partial charge in [-0.05, 0) is 36.0 Å². The fourth-order valence-electron chi connectivity index (χ4n) is 3.70. The largest absolute Gasteiger partial charge is 0.395 e. The molecule has 0 radical (unpaired) electrons. The molecule has 2 aliphatic carbocycles. The molecule has 2 fully saturated rings. The third-order valence-corrected chi connectivity index (χ3v) is 5.33. The lowest BCUT2D eigenvalue weighted by Crippen LogP contribution is -2.18. The fourth-order valence-corrected chi connectivity index (χ4v) is 3.96. The van der Waals surface area contributed by atoms with E-state index in [1.165, 1.54) is 37.7 Å². The predicted molar refractivity (Wildman–Crippen MR) is 73.0 cm³/mol. The van der Waals surface area contributed by atoms with Crippen LogP contribution in [-0.4, -0.2) is 11.7 Å². The van der Waals surface area contributed by atoms with Crippen LogP contribution in [0, 0.1) is 11.8 Å². The van der Waals surface area contributed by atoms with Crippen LogP contribution < -0.4 is 0 Å². The van der Waals surface area contributed by atoms with Gasteiger partial charge in [0, 0.05) is 9.89 Å². The summed E-state index contributed by atoms with van der Waals surface area (Å²) in [5.41, 5.74) is 1.43. The third-order valence-electron chi connectivity index (χ3n) is 4.80. The second-order valence-electron chi connectivity index (χ2n) is 5.68. The van der Waals surface area contributed by atoms with Gasteiger partial charge < -0.3 is 5.11 Å². The Morgan fingerprint density at radius 2 is 1.82 bits per heavy atom. The fraction of sp³-hybridized carbons (Fsp3) is 0.600. The van der Waals surface area contributed by atoms with Gasteiger partial charge >= 0.3 is 0 Å². The molecule has 0 amide bonds. The Labute approximate surface area is 111 Å². The summed E-state index contributed by atoms with van der Waals surface area (Å²) in [6.07, 6.45) is 6.73. The zero-order valence-electron chi connectivity index (χ0n) is 10.0. The molecule has 0 aliphatic heterocycles. The van der Waals surface area contributed by atoms with Crippen molar-refractivity contribution in [2.75, 3.05) is 6.61 Å². The van der Waals surface area contributed by atoms with Gasteiger partial charge in [-0.1, -0.05) is 53.7 Å². The number of hydrogen-bond acceptors (Lipinski definition) is 1. The van der Waals surface area contributed by atoms with Gasteiger partial charge in [-0.3, -0.25) is 0 Å². The predicted octanol–water partition coefficient (Wildman–Crippen LogP) is 3.89. The lowest BCUT2D eigenvalue weighted by molar-refractivity contribution is 0.233. The highest BCUT2D eigenvalue weighted by molar-refractivity contribution is 9.10. The molecule has 17 heavy (non-hydrogen) atoms. The molecular weight excluding hydrogens is 276 g/mol.